The Kier molecular flexibility index (Phi) is 9.33. The summed E-state index contributed by atoms with van der Waals surface area (Å²) in [5, 5.41) is 0. The van der Waals surface area contributed by atoms with E-state index in [4.69, 9.17) is 23.2 Å². The number of benzene rings is 1. The van der Waals surface area contributed by atoms with Gasteiger partial charge in [0, 0.05) is 40.7 Å². The topological polar surface area (TPSA) is 3.24 Å². The van der Waals surface area contributed by atoms with Crippen molar-refractivity contribution >= 4 is 28.9 Å². The summed E-state index contributed by atoms with van der Waals surface area (Å²) in [6.07, 6.45) is 1.87. The van der Waals surface area contributed by atoms with Gasteiger partial charge in [-0.3, -0.25) is 0 Å². The number of unbranched alkanes of at least 4 members (excludes halogenated alkanes) is 1. The third-order valence-electron chi connectivity index (χ3n) is 2.76. The van der Waals surface area contributed by atoms with Gasteiger partial charge in [0.2, 0.25) is 0 Å². The molecular formula is C14H18Cl2F2NTi. The van der Waals surface area contributed by atoms with Crippen molar-refractivity contribution in [2.24, 2.45) is 0 Å². The summed E-state index contributed by atoms with van der Waals surface area (Å²) in [7, 11) is 0. The summed E-state index contributed by atoms with van der Waals surface area (Å²) < 4.78 is 26.7. The number of nitrogens with zero attached hydrogens (tertiary/aromatic N) is 1. The molecule has 0 amide bonds. The second kappa shape index (κ2) is 9.24. The van der Waals surface area contributed by atoms with E-state index in [0.717, 1.165) is 12.8 Å². The minimum absolute atomic E-state index is 0. The Morgan fingerprint density at radius 2 is 2.00 bits per heavy atom. The van der Waals surface area contributed by atoms with Gasteiger partial charge in [0.25, 0.3) is 0 Å². The van der Waals surface area contributed by atoms with E-state index in [1.165, 1.54) is 12.1 Å². The second-order valence-electron chi connectivity index (χ2n) is 4.83. The Morgan fingerprint density at radius 3 is 2.50 bits per heavy atom. The Labute approximate surface area is 144 Å². The first-order chi connectivity index (χ1) is 8.89. The van der Waals surface area contributed by atoms with Crippen molar-refractivity contribution in [3.63, 3.8) is 0 Å². The fourth-order valence-electron chi connectivity index (χ4n) is 1.75. The normalized spacial score (nSPS) is 13.5. The molecule has 0 aliphatic heterocycles. The van der Waals surface area contributed by atoms with Crippen LogP contribution in [0.1, 0.15) is 26.7 Å². The van der Waals surface area contributed by atoms with Crippen LogP contribution in [-0.4, -0.2) is 23.8 Å². The molecule has 0 spiro atoms. The van der Waals surface area contributed by atoms with Crippen LogP contribution in [0.15, 0.2) is 12.1 Å². The number of halogens is 4. The van der Waals surface area contributed by atoms with Gasteiger partial charge >= 0.3 is 0 Å². The van der Waals surface area contributed by atoms with Crippen LogP contribution >= 0.6 is 23.2 Å². The third kappa shape index (κ3) is 6.30. The predicted octanol–water partition coefficient (Wildman–Crippen LogP) is 4.61. The van der Waals surface area contributed by atoms with Gasteiger partial charge in [-0.2, -0.15) is 0 Å². The molecule has 1 atom stereocenters. The molecule has 1 nitrogen and oxygen atoms in total. The van der Waals surface area contributed by atoms with Gasteiger partial charge in [-0.15, -0.1) is 23.2 Å². The van der Waals surface area contributed by atoms with E-state index in [1.807, 2.05) is 13.0 Å². The molecule has 0 saturated heterocycles. The number of anilines is 1. The van der Waals surface area contributed by atoms with Gasteiger partial charge < -0.3 is 4.90 Å². The van der Waals surface area contributed by atoms with Crippen LogP contribution in [0.3, 0.4) is 0 Å². The van der Waals surface area contributed by atoms with Crippen molar-refractivity contribution in [2.75, 3.05) is 23.9 Å². The molecule has 20 heavy (non-hydrogen) atoms. The van der Waals surface area contributed by atoms with E-state index in [2.05, 4.69) is 0 Å². The average Bonchev–Trinajstić information content (AvgIpc) is 2.35. The van der Waals surface area contributed by atoms with Crippen molar-refractivity contribution in [2.45, 2.75) is 31.6 Å². The van der Waals surface area contributed by atoms with Crippen LogP contribution in [0.4, 0.5) is 14.5 Å². The summed E-state index contributed by atoms with van der Waals surface area (Å²) in [5.41, 5.74) is 0.312. The number of rotatable bonds is 7. The molecule has 0 aromatic heterocycles. The zero-order valence-electron chi connectivity index (χ0n) is 11.6. The summed E-state index contributed by atoms with van der Waals surface area (Å²) >= 11 is 12.1. The van der Waals surface area contributed by atoms with Crippen LogP contribution < -0.4 is 4.90 Å². The van der Waals surface area contributed by atoms with E-state index in [0.29, 0.717) is 18.8 Å². The molecule has 1 radical (unpaired) electrons. The van der Waals surface area contributed by atoms with E-state index in [-0.39, 0.29) is 27.6 Å². The first-order valence-electron chi connectivity index (χ1n) is 6.27. The third-order valence-corrected chi connectivity index (χ3v) is 3.74. The van der Waals surface area contributed by atoms with Crippen LogP contribution in [0.2, 0.25) is 0 Å². The van der Waals surface area contributed by atoms with Crippen LogP contribution in [0.25, 0.3) is 0 Å². The first kappa shape index (κ1) is 20.2. The zero-order chi connectivity index (χ0) is 14.5. The molecule has 0 aliphatic rings. The maximum Gasteiger partial charge on any atom is 0.157 e. The molecular weight excluding hydrogens is 339 g/mol. The van der Waals surface area contributed by atoms with Gasteiger partial charge in [0.1, 0.15) is 5.82 Å². The number of alkyl halides is 2. The minimum atomic E-state index is -0.706. The summed E-state index contributed by atoms with van der Waals surface area (Å²) in [5.74, 6) is -1.15. The van der Waals surface area contributed by atoms with E-state index < -0.39 is 16.5 Å². The Morgan fingerprint density at radius 1 is 1.35 bits per heavy atom. The average molecular weight is 357 g/mol. The molecule has 0 fully saturated rings. The Bertz CT molecular complexity index is 416. The number of hydrogen-bond acceptors (Lipinski definition) is 1. The SMILES string of the molecule is CCCCN(CC(C)(Cl)CCl)c1ccc(F)[c]c1F.[Ti]. The molecule has 0 heterocycles. The maximum absolute atomic E-state index is 13.8. The smallest absolute Gasteiger partial charge is 0.157 e. The number of hydrogen-bond donors (Lipinski definition) is 0. The summed E-state index contributed by atoms with van der Waals surface area (Å²) in [4.78, 5) is 1.14. The predicted molar refractivity (Wildman–Crippen MR) is 77.3 cm³/mol. The van der Waals surface area contributed by atoms with Crippen molar-refractivity contribution in [3.8, 4) is 0 Å². The maximum atomic E-state index is 13.8. The molecule has 0 N–H and O–H groups in total. The van der Waals surface area contributed by atoms with Crippen molar-refractivity contribution in [3.05, 3.63) is 29.8 Å². The molecule has 1 aromatic rings. The molecule has 0 saturated carbocycles. The molecule has 6 heteroatoms. The van der Waals surface area contributed by atoms with E-state index in [1.54, 1.807) is 11.8 Å². The fourth-order valence-corrected chi connectivity index (χ4v) is 1.98. The second-order valence-corrected chi connectivity index (χ2v) is 6.01. The Hall–Kier alpha value is 0.174. The van der Waals surface area contributed by atoms with Crippen LogP contribution in [0.5, 0.6) is 0 Å². The molecule has 1 unspecified atom stereocenters. The van der Waals surface area contributed by atoms with Crippen LogP contribution in [0, 0.1) is 17.7 Å². The Balaban J connectivity index is 0.00000361. The first-order valence-corrected chi connectivity index (χ1v) is 7.18. The van der Waals surface area contributed by atoms with E-state index >= 15 is 0 Å². The molecule has 111 valence electrons. The van der Waals surface area contributed by atoms with E-state index in [9.17, 15) is 8.78 Å². The molecule has 0 bridgehead atoms. The summed E-state index contributed by atoms with van der Waals surface area (Å²) in [6, 6.07) is 4.66. The largest absolute Gasteiger partial charge is 0.367 e. The van der Waals surface area contributed by atoms with Crippen molar-refractivity contribution < 1.29 is 30.5 Å². The molecule has 0 aliphatic carbocycles. The van der Waals surface area contributed by atoms with Gasteiger partial charge in [-0.05, 0) is 25.5 Å². The standard InChI is InChI=1S/C14H18Cl2F2N.Ti/c1-3-4-7-19(10-14(2,16)9-15)13-6-5-11(17)8-12(13)18;/h5-6H,3-4,7,9-10H2,1-2H3;. The molecule has 1 aromatic carbocycles. The van der Waals surface area contributed by atoms with Crippen LogP contribution in [-0.2, 0) is 21.7 Å². The van der Waals surface area contributed by atoms with Gasteiger partial charge in [-0.25, -0.2) is 8.78 Å². The minimum Gasteiger partial charge on any atom is -0.367 e. The fraction of sp³-hybridized carbons (Fsp3) is 0.571. The van der Waals surface area contributed by atoms with Crippen molar-refractivity contribution in [1.82, 2.24) is 0 Å². The molecule has 1 rings (SSSR count). The van der Waals surface area contributed by atoms with Gasteiger partial charge in [0.05, 0.1) is 16.6 Å². The monoisotopic (exact) mass is 356 g/mol. The van der Waals surface area contributed by atoms with Gasteiger partial charge in [-0.1, -0.05) is 13.3 Å². The van der Waals surface area contributed by atoms with Crippen molar-refractivity contribution in [1.29, 1.82) is 0 Å². The van der Waals surface area contributed by atoms with Gasteiger partial charge in [0.15, 0.2) is 5.82 Å². The quantitative estimate of drug-likeness (QED) is 0.509. The summed E-state index contributed by atoms with van der Waals surface area (Å²) in [6.45, 7) is 4.89. The zero-order valence-corrected chi connectivity index (χ0v) is 14.7.